The molecule has 3 heterocycles. The summed E-state index contributed by atoms with van der Waals surface area (Å²) in [5.41, 5.74) is 2.74. The van der Waals surface area contributed by atoms with Gasteiger partial charge in [0.25, 0.3) is 0 Å². The Balaban J connectivity index is 1.24. The zero-order valence-corrected chi connectivity index (χ0v) is 17.3. The predicted molar refractivity (Wildman–Crippen MR) is 113 cm³/mol. The lowest BCUT2D eigenvalue weighted by Gasteiger charge is -2.38. The van der Waals surface area contributed by atoms with Crippen LogP contribution >= 0.6 is 0 Å². The molecule has 0 spiro atoms. The highest BCUT2D eigenvalue weighted by molar-refractivity contribution is 5.48. The van der Waals surface area contributed by atoms with Gasteiger partial charge in [0.15, 0.2) is 0 Å². The minimum absolute atomic E-state index is 0.290. The number of morpholine rings is 1. The van der Waals surface area contributed by atoms with Crippen LogP contribution in [-0.4, -0.2) is 105 Å². The number of anilines is 1. The maximum atomic E-state index is 9.68. The van der Waals surface area contributed by atoms with E-state index in [4.69, 9.17) is 4.74 Å². The van der Waals surface area contributed by atoms with E-state index < -0.39 is 0 Å². The smallest absolute Gasteiger partial charge is 0.0594 e. The molecule has 4 rings (SSSR count). The molecule has 1 aromatic carbocycles. The first-order valence-corrected chi connectivity index (χ1v) is 10.9. The number of aliphatic hydroxyl groups excluding tert-OH is 1. The summed E-state index contributed by atoms with van der Waals surface area (Å²) in [6.45, 7) is 11.8. The minimum atomic E-state index is 0.290. The Morgan fingerprint density at radius 1 is 0.929 bits per heavy atom. The molecule has 1 N–H and O–H groups in total. The van der Waals surface area contributed by atoms with Gasteiger partial charge in [0.1, 0.15) is 0 Å². The lowest BCUT2D eigenvalue weighted by atomic mass is 10.00. The molecule has 2 atom stereocenters. The molecule has 1 aromatic rings. The number of benzene rings is 1. The van der Waals surface area contributed by atoms with E-state index in [-0.39, 0.29) is 6.61 Å². The van der Waals surface area contributed by atoms with Crippen LogP contribution in [0.15, 0.2) is 24.3 Å². The Hall–Kier alpha value is -1.18. The van der Waals surface area contributed by atoms with Crippen LogP contribution in [0.1, 0.15) is 12.0 Å². The number of aliphatic hydroxyl groups is 1. The summed E-state index contributed by atoms with van der Waals surface area (Å²) in [5.74, 6) is 0.612. The SMILES string of the molecule is CN1CCC(CN2CCN(c3ccc(CN4CCOCC4)cc3)CC2)C1CO. The van der Waals surface area contributed by atoms with E-state index in [1.54, 1.807) is 0 Å². The van der Waals surface area contributed by atoms with E-state index in [2.05, 4.69) is 50.9 Å². The average Bonchev–Trinajstić information content (AvgIpc) is 3.09. The van der Waals surface area contributed by atoms with Crippen LogP contribution < -0.4 is 4.90 Å². The highest BCUT2D eigenvalue weighted by Gasteiger charge is 2.33. The summed E-state index contributed by atoms with van der Waals surface area (Å²) in [4.78, 5) is 9.89. The normalized spacial score (nSPS) is 28.1. The third kappa shape index (κ3) is 4.86. The summed E-state index contributed by atoms with van der Waals surface area (Å²) in [6, 6.07) is 9.50. The maximum Gasteiger partial charge on any atom is 0.0594 e. The number of likely N-dealkylation sites (tertiary alicyclic amines) is 1. The molecule has 3 saturated heterocycles. The van der Waals surface area contributed by atoms with Crippen molar-refractivity contribution in [3.8, 4) is 0 Å². The van der Waals surface area contributed by atoms with Crippen molar-refractivity contribution in [2.45, 2.75) is 19.0 Å². The van der Waals surface area contributed by atoms with Crippen molar-refractivity contribution in [2.24, 2.45) is 5.92 Å². The lowest BCUT2D eigenvalue weighted by molar-refractivity contribution is 0.0342. The Morgan fingerprint density at radius 2 is 1.64 bits per heavy atom. The van der Waals surface area contributed by atoms with Crippen molar-refractivity contribution in [3.63, 3.8) is 0 Å². The number of hydrogen-bond donors (Lipinski definition) is 1. The van der Waals surface area contributed by atoms with Crippen LogP contribution in [0.25, 0.3) is 0 Å². The number of likely N-dealkylation sites (N-methyl/N-ethyl adjacent to an activating group) is 1. The zero-order valence-electron chi connectivity index (χ0n) is 17.3. The van der Waals surface area contributed by atoms with Crippen molar-refractivity contribution in [1.82, 2.24) is 14.7 Å². The van der Waals surface area contributed by atoms with Crippen LogP contribution in [0, 0.1) is 5.92 Å². The topological polar surface area (TPSA) is 42.4 Å². The number of hydrogen-bond acceptors (Lipinski definition) is 6. The summed E-state index contributed by atoms with van der Waals surface area (Å²) in [7, 11) is 2.14. The monoisotopic (exact) mass is 388 g/mol. The molecular formula is C22H36N4O2. The van der Waals surface area contributed by atoms with E-state index in [0.29, 0.717) is 12.0 Å². The first-order chi connectivity index (χ1) is 13.7. The molecule has 0 aliphatic carbocycles. The van der Waals surface area contributed by atoms with Crippen LogP contribution in [0.2, 0.25) is 0 Å². The molecule has 0 saturated carbocycles. The van der Waals surface area contributed by atoms with Gasteiger partial charge in [-0.25, -0.2) is 0 Å². The average molecular weight is 389 g/mol. The van der Waals surface area contributed by atoms with Crippen molar-refractivity contribution in [3.05, 3.63) is 29.8 Å². The second-order valence-corrected chi connectivity index (χ2v) is 8.62. The molecule has 0 aromatic heterocycles. The minimum Gasteiger partial charge on any atom is -0.395 e. The van der Waals surface area contributed by atoms with Crippen LogP contribution in [0.4, 0.5) is 5.69 Å². The molecule has 0 amide bonds. The Kier molecular flexibility index (Phi) is 6.86. The second kappa shape index (κ2) is 9.55. The van der Waals surface area contributed by atoms with Gasteiger partial charge >= 0.3 is 0 Å². The fourth-order valence-electron chi connectivity index (χ4n) is 4.94. The highest BCUT2D eigenvalue weighted by Crippen LogP contribution is 2.25. The Labute approximate surface area is 169 Å². The lowest BCUT2D eigenvalue weighted by Crippen LogP contribution is -2.49. The van der Waals surface area contributed by atoms with Gasteiger partial charge in [0, 0.05) is 64.1 Å². The Morgan fingerprint density at radius 3 is 2.32 bits per heavy atom. The fourth-order valence-corrected chi connectivity index (χ4v) is 4.94. The molecule has 0 bridgehead atoms. The molecular weight excluding hydrogens is 352 g/mol. The summed E-state index contributed by atoms with van der Waals surface area (Å²) >= 11 is 0. The summed E-state index contributed by atoms with van der Waals surface area (Å²) < 4.78 is 5.44. The zero-order chi connectivity index (χ0) is 19.3. The van der Waals surface area contributed by atoms with Crippen LogP contribution in [0.5, 0.6) is 0 Å². The standard InChI is InChI=1S/C22H36N4O2/c1-23-7-6-20(22(23)18-27)17-24-8-10-26(11-9-24)21-4-2-19(3-5-21)16-25-12-14-28-15-13-25/h2-5,20,22,27H,6-18H2,1H3. The van der Waals surface area contributed by atoms with E-state index in [9.17, 15) is 5.11 Å². The van der Waals surface area contributed by atoms with Gasteiger partial charge in [-0.2, -0.15) is 0 Å². The first kappa shape index (κ1) is 20.1. The molecule has 3 aliphatic heterocycles. The maximum absolute atomic E-state index is 9.68. The van der Waals surface area contributed by atoms with Crippen molar-refractivity contribution in [2.75, 3.05) is 84.1 Å². The van der Waals surface area contributed by atoms with E-state index in [1.165, 1.54) is 17.7 Å². The van der Waals surface area contributed by atoms with Crippen molar-refractivity contribution in [1.29, 1.82) is 0 Å². The van der Waals surface area contributed by atoms with E-state index >= 15 is 0 Å². The first-order valence-electron chi connectivity index (χ1n) is 10.9. The third-order valence-corrected chi connectivity index (χ3v) is 6.83. The Bertz CT molecular complexity index is 597. The quantitative estimate of drug-likeness (QED) is 0.783. The van der Waals surface area contributed by atoms with Gasteiger partial charge in [0.2, 0.25) is 0 Å². The molecule has 28 heavy (non-hydrogen) atoms. The number of piperazine rings is 1. The molecule has 156 valence electrons. The molecule has 6 heteroatoms. The largest absolute Gasteiger partial charge is 0.395 e. The predicted octanol–water partition coefficient (Wildman–Crippen LogP) is 0.953. The van der Waals surface area contributed by atoms with Gasteiger partial charge in [-0.05, 0) is 43.6 Å². The van der Waals surface area contributed by atoms with E-state index in [0.717, 1.165) is 72.1 Å². The number of nitrogens with zero attached hydrogens (tertiary/aromatic N) is 4. The van der Waals surface area contributed by atoms with Gasteiger partial charge in [0.05, 0.1) is 19.8 Å². The highest BCUT2D eigenvalue weighted by atomic mass is 16.5. The van der Waals surface area contributed by atoms with Crippen molar-refractivity contribution < 1.29 is 9.84 Å². The molecule has 0 radical (unpaired) electrons. The third-order valence-electron chi connectivity index (χ3n) is 6.83. The molecule has 6 nitrogen and oxygen atoms in total. The van der Waals surface area contributed by atoms with Crippen LogP contribution in [0.3, 0.4) is 0 Å². The van der Waals surface area contributed by atoms with Crippen molar-refractivity contribution >= 4 is 5.69 Å². The van der Waals surface area contributed by atoms with Gasteiger partial charge < -0.3 is 19.6 Å². The molecule has 2 unspecified atom stereocenters. The molecule has 3 fully saturated rings. The molecule has 3 aliphatic rings. The summed E-state index contributed by atoms with van der Waals surface area (Å²) in [6.07, 6.45) is 1.21. The second-order valence-electron chi connectivity index (χ2n) is 8.62. The summed E-state index contributed by atoms with van der Waals surface area (Å²) in [5, 5.41) is 9.68. The number of ether oxygens (including phenoxy) is 1. The van der Waals surface area contributed by atoms with Crippen LogP contribution in [-0.2, 0) is 11.3 Å². The van der Waals surface area contributed by atoms with Gasteiger partial charge in [-0.15, -0.1) is 0 Å². The van der Waals surface area contributed by atoms with E-state index in [1.807, 2.05) is 0 Å². The fraction of sp³-hybridized carbons (Fsp3) is 0.727. The van der Waals surface area contributed by atoms with Gasteiger partial charge in [-0.3, -0.25) is 9.80 Å². The number of rotatable bonds is 6. The van der Waals surface area contributed by atoms with Gasteiger partial charge in [-0.1, -0.05) is 12.1 Å².